The Morgan fingerprint density at radius 2 is 1.81 bits per heavy atom. The monoisotopic (exact) mass is 651 g/mol. The second-order valence-electron chi connectivity index (χ2n) is 10.1. The van der Waals surface area contributed by atoms with Gasteiger partial charge in [0.2, 0.25) is 5.95 Å². The first-order valence-corrected chi connectivity index (χ1v) is 15.5. The summed E-state index contributed by atoms with van der Waals surface area (Å²) >= 11 is 0. The molecule has 6 atom stereocenters. The molecule has 0 aromatic carbocycles. The molecule has 236 valence electrons. The van der Waals surface area contributed by atoms with Crippen LogP contribution in [-0.4, -0.2) is 84.3 Å². The van der Waals surface area contributed by atoms with Gasteiger partial charge in [0.05, 0.1) is 25.1 Å². The number of ether oxygens (including phenoxy) is 2. The lowest BCUT2D eigenvalue weighted by atomic mass is 9.89. The molecule has 2 fully saturated rings. The lowest BCUT2D eigenvalue weighted by Crippen LogP contribution is -2.49. The highest BCUT2D eigenvalue weighted by atomic mass is 31.2. The summed E-state index contributed by atoms with van der Waals surface area (Å²) in [5.41, 5.74) is 1.27. The molecule has 0 amide bonds. The van der Waals surface area contributed by atoms with Crippen molar-refractivity contribution in [2.45, 2.75) is 62.6 Å². The molecule has 23 heteroatoms. The number of nitrogens with zero attached hydrogens (tertiary/aromatic N) is 4. The molecule has 0 spiro atoms. The minimum Gasteiger partial charge on any atom is -0.390 e. The molecule has 0 bridgehead atoms. The van der Waals surface area contributed by atoms with E-state index in [1.165, 1.54) is 17.8 Å². The Morgan fingerprint density at radius 1 is 1.09 bits per heavy atom. The standard InChI is InChI=1S/C20H27N7O14P2/c1-8-5-26(19(31)25-16(8)29)13-3-11(41-43(35,36)37)20(40-13,6-38-42(32,33)34)4-10-9(28)2-12(39-10)27-7-22-14-15(27)23-18(21)24-17(14)30/h5,7,9-13,28H,2-4,6H2,1H3,(H,25,29,31)(H2,32,33,34)(H2,35,36,37)(H3,21,23,24,30). The van der Waals surface area contributed by atoms with Crippen molar-refractivity contribution in [2.24, 2.45) is 0 Å². The fourth-order valence-corrected chi connectivity index (χ4v) is 6.19. The highest BCUT2D eigenvalue weighted by molar-refractivity contribution is 7.46. The van der Waals surface area contributed by atoms with Gasteiger partial charge in [0.25, 0.3) is 11.1 Å². The van der Waals surface area contributed by atoms with Crippen LogP contribution in [-0.2, 0) is 27.7 Å². The largest absolute Gasteiger partial charge is 0.469 e. The number of aromatic nitrogens is 6. The topological polar surface area (TPSA) is 317 Å². The van der Waals surface area contributed by atoms with E-state index in [1.54, 1.807) is 0 Å². The minimum absolute atomic E-state index is 0.0337. The number of nitrogens with one attached hydrogen (secondary N) is 2. The molecule has 0 saturated carbocycles. The van der Waals surface area contributed by atoms with Crippen molar-refractivity contribution in [1.29, 1.82) is 0 Å². The van der Waals surface area contributed by atoms with Crippen LogP contribution in [0.15, 0.2) is 26.9 Å². The molecular weight excluding hydrogens is 624 g/mol. The second-order valence-corrected chi connectivity index (χ2v) is 12.5. The van der Waals surface area contributed by atoms with Crippen LogP contribution in [0.25, 0.3) is 11.2 Å². The number of fused-ring (bicyclic) bond motifs is 1. The van der Waals surface area contributed by atoms with Crippen LogP contribution in [0.4, 0.5) is 5.95 Å². The number of aromatic amines is 2. The predicted octanol–water partition coefficient (Wildman–Crippen LogP) is -2.16. The second kappa shape index (κ2) is 11.1. The van der Waals surface area contributed by atoms with Crippen LogP contribution in [0, 0.1) is 6.92 Å². The van der Waals surface area contributed by atoms with Gasteiger partial charge >= 0.3 is 21.3 Å². The zero-order chi connectivity index (χ0) is 31.5. The van der Waals surface area contributed by atoms with E-state index in [4.69, 9.17) is 24.3 Å². The number of aryl methyl sites for hydroxylation is 1. The van der Waals surface area contributed by atoms with Crippen molar-refractivity contribution in [1.82, 2.24) is 29.1 Å². The number of anilines is 1. The summed E-state index contributed by atoms with van der Waals surface area (Å²) in [6.07, 6.45) is -5.40. The van der Waals surface area contributed by atoms with Gasteiger partial charge in [-0.25, -0.2) is 18.9 Å². The van der Waals surface area contributed by atoms with Crippen molar-refractivity contribution in [3.05, 3.63) is 49.3 Å². The molecule has 0 radical (unpaired) electrons. The average Bonchev–Trinajstić information content (AvgIpc) is 3.55. The number of phosphoric ester groups is 2. The number of hydrogen-bond donors (Lipinski definition) is 8. The highest BCUT2D eigenvalue weighted by Gasteiger charge is 2.56. The van der Waals surface area contributed by atoms with Crippen molar-refractivity contribution in [2.75, 3.05) is 12.3 Å². The normalized spacial score (nSPS) is 28.2. The Labute approximate surface area is 238 Å². The van der Waals surface area contributed by atoms with Crippen molar-refractivity contribution in [3.63, 3.8) is 0 Å². The third kappa shape index (κ3) is 6.56. The van der Waals surface area contributed by atoms with E-state index in [0.29, 0.717) is 0 Å². The van der Waals surface area contributed by atoms with E-state index in [2.05, 4.69) is 19.9 Å². The average molecular weight is 651 g/mol. The fourth-order valence-electron chi connectivity index (χ4n) is 5.19. The van der Waals surface area contributed by atoms with Gasteiger partial charge < -0.3 is 39.9 Å². The van der Waals surface area contributed by atoms with Gasteiger partial charge in [0.1, 0.15) is 24.2 Å². The van der Waals surface area contributed by atoms with Crippen molar-refractivity contribution >= 4 is 32.8 Å². The van der Waals surface area contributed by atoms with Crippen molar-refractivity contribution < 1.29 is 52.3 Å². The first-order chi connectivity index (χ1) is 19.9. The maximum atomic E-state index is 12.6. The number of aliphatic hydroxyl groups is 1. The SMILES string of the molecule is Cc1cn(C2CC(OP(=O)(O)O)C(COP(=O)(O)O)(CC3OC(n4cnc5c(=O)[nH]c(N)nc54)CC3O)O2)c(=O)[nH]c1=O. The molecule has 2 aliphatic rings. The van der Waals surface area contributed by atoms with Gasteiger partial charge in [-0.1, -0.05) is 0 Å². The molecule has 5 heterocycles. The maximum Gasteiger partial charge on any atom is 0.469 e. The quantitative estimate of drug-likeness (QED) is 0.114. The zero-order valence-corrected chi connectivity index (χ0v) is 23.8. The molecule has 9 N–H and O–H groups in total. The Bertz CT molecular complexity index is 1810. The van der Waals surface area contributed by atoms with Crippen molar-refractivity contribution in [3.8, 4) is 0 Å². The summed E-state index contributed by atoms with van der Waals surface area (Å²) < 4.78 is 47.5. The summed E-state index contributed by atoms with van der Waals surface area (Å²) in [4.78, 5) is 87.2. The van der Waals surface area contributed by atoms with E-state index in [0.717, 1.165) is 10.8 Å². The summed E-state index contributed by atoms with van der Waals surface area (Å²) in [7, 11) is -10.5. The zero-order valence-electron chi connectivity index (χ0n) is 22.0. The summed E-state index contributed by atoms with van der Waals surface area (Å²) in [5, 5.41) is 10.9. The van der Waals surface area contributed by atoms with Gasteiger partial charge in [0, 0.05) is 31.0 Å². The maximum absolute atomic E-state index is 12.6. The van der Waals surface area contributed by atoms with Crippen LogP contribution in [0.1, 0.15) is 37.3 Å². The first kappa shape index (κ1) is 31.4. The number of nitrogen functional groups attached to an aromatic ring is 1. The van der Waals surface area contributed by atoms with Gasteiger partial charge in [-0.3, -0.25) is 37.7 Å². The van der Waals surface area contributed by atoms with E-state index in [1.807, 2.05) is 0 Å². The number of H-pyrrole nitrogens is 2. The van der Waals surface area contributed by atoms with Crippen LogP contribution in [0.2, 0.25) is 0 Å². The number of hydrogen-bond acceptors (Lipinski definition) is 13. The molecule has 43 heavy (non-hydrogen) atoms. The lowest BCUT2D eigenvalue weighted by Gasteiger charge is -2.36. The number of nitrogens with two attached hydrogens (primary N) is 1. The molecule has 21 nitrogen and oxygen atoms in total. The minimum atomic E-state index is -5.30. The Kier molecular flexibility index (Phi) is 8.12. The number of aliphatic hydroxyl groups excluding tert-OH is 1. The Hall–Kier alpha value is -3.07. The first-order valence-electron chi connectivity index (χ1n) is 12.4. The van der Waals surface area contributed by atoms with E-state index in [-0.39, 0.29) is 29.1 Å². The lowest BCUT2D eigenvalue weighted by molar-refractivity contribution is -0.155. The molecule has 3 aromatic heterocycles. The number of phosphoric acid groups is 2. The van der Waals surface area contributed by atoms with Crippen LogP contribution >= 0.6 is 15.6 Å². The molecule has 6 unspecified atom stereocenters. The van der Waals surface area contributed by atoms with Gasteiger partial charge in [-0.15, -0.1) is 0 Å². The van der Waals surface area contributed by atoms with E-state index in [9.17, 15) is 48.2 Å². The summed E-state index contributed by atoms with van der Waals surface area (Å²) in [6.45, 7) is 0.352. The molecular formula is C20H27N7O14P2. The molecule has 2 aliphatic heterocycles. The van der Waals surface area contributed by atoms with Crippen LogP contribution < -0.4 is 22.5 Å². The van der Waals surface area contributed by atoms with E-state index < -0.39 is 88.3 Å². The highest BCUT2D eigenvalue weighted by Crippen LogP contribution is 2.52. The third-order valence-corrected chi connectivity index (χ3v) is 8.08. The van der Waals surface area contributed by atoms with Gasteiger partial charge in [-0.2, -0.15) is 4.98 Å². The van der Waals surface area contributed by atoms with Crippen LogP contribution in [0.5, 0.6) is 0 Å². The third-order valence-electron chi connectivity index (χ3n) is 7.08. The number of rotatable bonds is 9. The Balaban J connectivity index is 1.51. The molecule has 0 aliphatic carbocycles. The van der Waals surface area contributed by atoms with Gasteiger partial charge in [-0.05, 0) is 6.92 Å². The summed E-state index contributed by atoms with van der Waals surface area (Å²) in [5.74, 6) is -0.210. The fraction of sp³-hybridized carbons (Fsp3) is 0.550. The van der Waals surface area contributed by atoms with Gasteiger partial charge in [0.15, 0.2) is 11.2 Å². The number of imidazole rings is 1. The molecule has 3 aromatic rings. The Morgan fingerprint density at radius 3 is 2.49 bits per heavy atom. The smallest absolute Gasteiger partial charge is 0.390 e. The summed E-state index contributed by atoms with van der Waals surface area (Å²) in [6, 6.07) is 0. The predicted molar refractivity (Wildman–Crippen MR) is 140 cm³/mol. The molecule has 5 rings (SSSR count). The van der Waals surface area contributed by atoms with Crippen LogP contribution in [0.3, 0.4) is 0 Å². The molecule has 2 saturated heterocycles. The van der Waals surface area contributed by atoms with E-state index >= 15 is 0 Å².